The van der Waals surface area contributed by atoms with Gasteiger partial charge in [-0.15, -0.1) is 0 Å². The topological polar surface area (TPSA) is 53.9 Å². The Kier molecular flexibility index (Phi) is 7.00. The van der Waals surface area contributed by atoms with Crippen LogP contribution >= 0.6 is 0 Å². The van der Waals surface area contributed by atoms with Gasteiger partial charge in [0.2, 0.25) is 0 Å². The molecule has 1 aliphatic heterocycles. The zero-order valence-electron chi connectivity index (χ0n) is 16.2. The number of esters is 1. The molecule has 0 atom stereocenters. The van der Waals surface area contributed by atoms with Crippen LogP contribution in [0, 0.1) is 11.7 Å². The van der Waals surface area contributed by atoms with Crippen LogP contribution in [0.2, 0.25) is 0 Å². The minimum absolute atomic E-state index is 0.0203. The van der Waals surface area contributed by atoms with Crippen LogP contribution in [0.4, 0.5) is 4.39 Å². The van der Waals surface area contributed by atoms with Gasteiger partial charge < -0.3 is 15.0 Å². The fraction of sp³-hybridized carbons (Fsp3) is 0.600. The van der Waals surface area contributed by atoms with Crippen molar-refractivity contribution in [2.24, 2.45) is 10.9 Å². The molecule has 0 unspecified atom stereocenters. The second-order valence-electron chi connectivity index (χ2n) is 7.31. The smallest absolute Gasteiger partial charge is 0.309 e. The van der Waals surface area contributed by atoms with Gasteiger partial charge in [0.25, 0.3) is 0 Å². The first-order chi connectivity index (χ1) is 12.4. The number of piperidine rings is 1. The van der Waals surface area contributed by atoms with Crippen LogP contribution in [0.15, 0.2) is 29.3 Å². The van der Waals surface area contributed by atoms with Crippen LogP contribution in [0.25, 0.3) is 0 Å². The third kappa shape index (κ3) is 5.19. The van der Waals surface area contributed by atoms with Gasteiger partial charge in [-0.3, -0.25) is 9.79 Å². The molecule has 0 aromatic heterocycles. The minimum Gasteiger partial charge on any atom is -0.466 e. The maximum absolute atomic E-state index is 13.5. The Bertz CT molecular complexity index is 638. The average molecular weight is 363 g/mol. The van der Waals surface area contributed by atoms with E-state index < -0.39 is 0 Å². The van der Waals surface area contributed by atoms with Gasteiger partial charge in [0.1, 0.15) is 5.82 Å². The molecule has 0 aliphatic carbocycles. The van der Waals surface area contributed by atoms with Crippen LogP contribution in [0.5, 0.6) is 0 Å². The number of aliphatic imine (C=N–C) groups is 1. The Morgan fingerprint density at radius 2 is 2.08 bits per heavy atom. The number of rotatable bonds is 5. The van der Waals surface area contributed by atoms with E-state index in [4.69, 9.17) is 4.74 Å². The van der Waals surface area contributed by atoms with Crippen LogP contribution < -0.4 is 5.32 Å². The van der Waals surface area contributed by atoms with Crippen molar-refractivity contribution in [3.05, 3.63) is 35.6 Å². The number of benzene rings is 1. The third-order valence-electron chi connectivity index (χ3n) is 4.92. The number of nitrogens with one attached hydrogen (secondary N) is 1. The summed E-state index contributed by atoms with van der Waals surface area (Å²) in [6.45, 7) is 8.59. The lowest BCUT2D eigenvalue weighted by atomic mass is 9.84. The fourth-order valence-corrected chi connectivity index (χ4v) is 3.23. The zero-order chi connectivity index (χ0) is 19.2. The van der Waals surface area contributed by atoms with E-state index in [1.807, 2.05) is 13.0 Å². The summed E-state index contributed by atoms with van der Waals surface area (Å²) in [6.07, 6.45) is 1.54. The van der Waals surface area contributed by atoms with Gasteiger partial charge in [-0.1, -0.05) is 26.0 Å². The number of hydrogen-bond acceptors (Lipinski definition) is 3. The second-order valence-corrected chi connectivity index (χ2v) is 7.31. The molecule has 26 heavy (non-hydrogen) atoms. The second kappa shape index (κ2) is 9.01. The summed E-state index contributed by atoms with van der Waals surface area (Å²) in [4.78, 5) is 18.4. The number of hydrogen-bond donors (Lipinski definition) is 1. The molecule has 0 spiro atoms. The van der Waals surface area contributed by atoms with Gasteiger partial charge in [0.15, 0.2) is 5.96 Å². The molecule has 0 amide bonds. The van der Waals surface area contributed by atoms with Crippen LogP contribution in [0.1, 0.15) is 39.2 Å². The lowest BCUT2D eigenvalue weighted by Crippen LogP contribution is -2.49. The Morgan fingerprint density at radius 3 is 2.65 bits per heavy atom. The van der Waals surface area contributed by atoms with Gasteiger partial charge in [0, 0.05) is 32.1 Å². The van der Waals surface area contributed by atoms with E-state index in [1.165, 1.54) is 6.07 Å². The van der Waals surface area contributed by atoms with Gasteiger partial charge in [0.05, 0.1) is 12.5 Å². The molecular formula is C20H30FN3O2. The summed E-state index contributed by atoms with van der Waals surface area (Å²) in [5, 5.41) is 3.40. The number of guanidine groups is 1. The molecule has 5 nitrogen and oxygen atoms in total. The van der Waals surface area contributed by atoms with E-state index >= 15 is 0 Å². The number of nitrogens with zero attached hydrogens (tertiary/aromatic N) is 2. The molecule has 0 saturated carbocycles. The van der Waals surface area contributed by atoms with Crippen molar-refractivity contribution in [1.82, 2.24) is 10.2 Å². The molecule has 2 rings (SSSR count). The van der Waals surface area contributed by atoms with Crippen molar-refractivity contribution in [2.75, 3.05) is 33.3 Å². The van der Waals surface area contributed by atoms with Crippen LogP contribution in [-0.2, 0) is 14.9 Å². The monoisotopic (exact) mass is 363 g/mol. The van der Waals surface area contributed by atoms with Gasteiger partial charge in [-0.25, -0.2) is 4.39 Å². The van der Waals surface area contributed by atoms with Crippen molar-refractivity contribution in [1.29, 1.82) is 0 Å². The number of halogens is 1. The summed E-state index contributed by atoms with van der Waals surface area (Å²) < 4.78 is 18.6. The van der Waals surface area contributed by atoms with Gasteiger partial charge >= 0.3 is 5.97 Å². The standard InChI is InChI=1S/C20H30FN3O2/c1-5-26-18(25)15-9-11-24(12-10-15)19(22-4)23-14-20(2,3)16-7-6-8-17(21)13-16/h6-8,13,15H,5,9-12,14H2,1-4H3,(H,22,23). The SMILES string of the molecule is CCOC(=O)C1CCN(C(=NC)NCC(C)(C)c2cccc(F)c2)CC1. The maximum Gasteiger partial charge on any atom is 0.309 e. The van der Waals surface area contributed by atoms with E-state index in [1.54, 1.807) is 19.2 Å². The molecule has 1 heterocycles. The highest BCUT2D eigenvalue weighted by Crippen LogP contribution is 2.23. The lowest BCUT2D eigenvalue weighted by molar-refractivity contribution is -0.149. The number of ether oxygens (including phenoxy) is 1. The summed E-state index contributed by atoms with van der Waals surface area (Å²) in [5.41, 5.74) is 0.711. The first-order valence-corrected chi connectivity index (χ1v) is 9.25. The minimum atomic E-state index is -0.235. The highest BCUT2D eigenvalue weighted by atomic mass is 19.1. The molecule has 1 aliphatic rings. The van der Waals surface area contributed by atoms with Crippen molar-refractivity contribution in [3.63, 3.8) is 0 Å². The first-order valence-electron chi connectivity index (χ1n) is 9.25. The van der Waals surface area contributed by atoms with E-state index in [-0.39, 0.29) is 23.1 Å². The van der Waals surface area contributed by atoms with E-state index in [9.17, 15) is 9.18 Å². The van der Waals surface area contributed by atoms with Gasteiger partial charge in [-0.2, -0.15) is 0 Å². The molecule has 1 aromatic rings. The van der Waals surface area contributed by atoms with Crippen molar-refractivity contribution < 1.29 is 13.9 Å². The van der Waals surface area contributed by atoms with Crippen molar-refractivity contribution >= 4 is 11.9 Å². The Labute approximate surface area is 155 Å². The molecule has 1 aromatic carbocycles. The quantitative estimate of drug-likeness (QED) is 0.496. The van der Waals surface area contributed by atoms with E-state index in [0.29, 0.717) is 13.2 Å². The molecule has 1 fully saturated rings. The van der Waals surface area contributed by atoms with Crippen molar-refractivity contribution in [3.8, 4) is 0 Å². The number of carbonyl (C=O) groups is 1. The number of likely N-dealkylation sites (tertiary alicyclic amines) is 1. The Hall–Kier alpha value is -2.11. The summed E-state index contributed by atoms with van der Waals surface area (Å²) in [5.74, 6) is 0.480. The summed E-state index contributed by atoms with van der Waals surface area (Å²) >= 11 is 0. The molecule has 6 heteroatoms. The highest BCUT2D eigenvalue weighted by Gasteiger charge is 2.28. The molecule has 144 valence electrons. The van der Waals surface area contributed by atoms with E-state index in [2.05, 4.69) is 29.1 Å². The predicted molar refractivity (Wildman–Crippen MR) is 102 cm³/mol. The normalized spacial score (nSPS) is 16.5. The molecule has 0 bridgehead atoms. The van der Waals surface area contributed by atoms with E-state index in [0.717, 1.165) is 37.5 Å². The molecule has 0 radical (unpaired) electrons. The lowest BCUT2D eigenvalue weighted by Gasteiger charge is -2.35. The zero-order valence-corrected chi connectivity index (χ0v) is 16.2. The third-order valence-corrected chi connectivity index (χ3v) is 4.92. The number of carbonyl (C=O) groups excluding carboxylic acids is 1. The van der Waals surface area contributed by atoms with Crippen LogP contribution in [-0.4, -0.2) is 50.1 Å². The Balaban J connectivity index is 1.91. The first kappa shape index (κ1) is 20.2. The largest absolute Gasteiger partial charge is 0.466 e. The van der Waals surface area contributed by atoms with Crippen molar-refractivity contribution in [2.45, 2.75) is 39.0 Å². The predicted octanol–water partition coefficient (Wildman–Crippen LogP) is 2.95. The summed E-state index contributed by atoms with van der Waals surface area (Å²) in [6, 6.07) is 6.72. The average Bonchev–Trinajstić information content (AvgIpc) is 2.63. The Morgan fingerprint density at radius 1 is 1.38 bits per heavy atom. The molecule has 1 N–H and O–H groups in total. The van der Waals surface area contributed by atoms with Crippen LogP contribution in [0.3, 0.4) is 0 Å². The highest BCUT2D eigenvalue weighted by molar-refractivity contribution is 5.80. The molecule has 1 saturated heterocycles. The fourth-order valence-electron chi connectivity index (χ4n) is 3.23. The van der Waals surface area contributed by atoms with Gasteiger partial charge in [-0.05, 0) is 37.5 Å². The summed E-state index contributed by atoms with van der Waals surface area (Å²) in [7, 11) is 1.76. The maximum atomic E-state index is 13.5. The molecular weight excluding hydrogens is 333 g/mol.